The number of carboxylic acid groups (broad SMARTS) is 1. The number of nitrogens with two attached hydrogens (primary N) is 1. The number of halogens is 1. The lowest BCUT2D eigenvalue weighted by Crippen LogP contribution is -2.33. The fourth-order valence-corrected chi connectivity index (χ4v) is 0.0781. The van der Waals surface area contributed by atoms with E-state index in [0.29, 0.717) is 0 Å². The number of carbonyl (C=O) groups is 1. The lowest BCUT2D eigenvalue weighted by molar-refractivity contribution is -0.139. The summed E-state index contributed by atoms with van der Waals surface area (Å²) in [5.74, 6) is -1.18. The Balaban J connectivity index is 0. The second-order valence-electron chi connectivity index (χ2n) is 3.19. The predicted molar refractivity (Wildman–Crippen MR) is 48.3 cm³/mol. The number of aliphatic carboxylic acids is 1. The summed E-state index contributed by atoms with van der Waals surface area (Å²) in [6.45, 7) is 5.35. The molecule has 5 heteroatoms. The van der Waals surface area contributed by atoms with Crippen LogP contribution in [-0.4, -0.2) is 33.7 Å². The van der Waals surface area contributed by atoms with Gasteiger partial charge in [0.25, 0.3) is 0 Å². The summed E-state index contributed by atoms with van der Waals surface area (Å²) in [7, 11) is 0. The Morgan fingerprint density at radius 1 is 1.58 bits per heavy atom. The molecule has 0 aliphatic rings. The van der Waals surface area contributed by atoms with Crippen LogP contribution in [0.5, 0.6) is 0 Å². The van der Waals surface area contributed by atoms with Gasteiger partial charge in [0.05, 0.1) is 6.61 Å². The van der Waals surface area contributed by atoms with E-state index in [4.69, 9.17) is 27.5 Å². The molecule has 0 saturated carbocycles. The van der Waals surface area contributed by atoms with E-state index in [1.165, 1.54) is 0 Å². The molecule has 4 nitrogen and oxygen atoms in total. The minimum Gasteiger partial charge on any atom is -0.480 e. The van der Waals surface area contributed by atoms with Crippen LogP contribution in [0.25, 0.3) is 0 Å². The Hall–Kier alpha value is -0.320. The zero-order valence-electron chi connectivity index (χ0n) is 7.54. The molecule has 0 bridgehead atoms. The van der Waals surface area contributed by atoms with E-state index in [0.717, 1.165) is 0 Å². The highest BCUT2D eigenvalue weighted by Crippen LogP contribution is 2.07. The van der Waals surface area contributed by atoms with Crippen LogP contribution < -0.4 is 5.73 Å². The summed E-state index contributed by atoms with van der Waals surface area (Å²) >= 11 is 5.53. The number of hydrogen-bond acceptors (Lipinski definition) is 3. The number of carboxylic acids is 1. The van der Waals surface area contributed by atoms with Crippen LogP contribution in [0, 0.1) is 0 Å². The summed E-state index contributed by atoms with van der Waals surface area (Å²) in [6, 6.07) is -1.13. The van der Waals surface area contributed by atoms with Crippen molar-refractivity contribution in [1.82, 2.24) is 0 Å². The molecular formula is C7H16ClNO3. The third-order valence-electron chi connectivity index (χ3n) is 0.514. The first-order valence-electron chi connectivity index (χ1n) is 3.46. The molecule has 0 spiro atoms. The van der Waals surface area contributed by atoms with Crippen molar-refractivity contribution in [2.75, 3.05) is 6.61 Å². The maximum atomic E-state index is 9.65. The lowest BCUT2D eigenvalue weighted by atomic mass is 10.3. The smallest absolute Gasteiger partial charge is 0.322 e. The molecule has 0 amide bonds. The molecule has 1 atom stereocenters. The molecule has 74 valence electrons. The molecule has 0 saturated heterocycles. The molecule has 1 unspecified atom stereocenters. The molecule has 0 fully saturated rings. The normalized spacial score (nSPS) is 12.8. The monoisotopic (exact) mass is 197 g/mol. The average molecular weight is 198 g/mol. The van der Waals surface area contributed by atoms with Gasteiger partial charge in [-0.25, -0.2) is 0 Å². The summed E-state index contributed by atoms with van der Waals surface area (Å²) in [6.07, 6.45) is 0. The van der Waals surface area contributed by atoms with Crippen LogP contribution in [-0.2, 0) is 4.79 Å². The summed E-state index contributed by atoms with van der Waals surface area (Å²) in [4.78, 5) is 9.62. The number of aliphatic hydroxyl groups excluding tert-OH is 1. The molecule has 12 heavy (non-hydrogen) atoms. The first-order chi connectivity index (χ1) is 5.18. The van der Waals surface area contributed by atoms with Gasteiger partial charge in [-0.15, -0.1) is 11.6 Å². The van der Waals surface area contributed by atoms with Crippen LogP contribution in [0.1, 0.15) is 20.8 Å². The van der Waals surface area contributed by atoms with Gasteiger partial charge in [-0.1, -0.05) is 0 Å². The van der Waals surface area contributed by atoms with Crippen molar-refractivity contribution in [2.24, 2.45) is 5.73 Å². The zero-order chi connectivity index (χ0) is 10.4. The zero-order valence-corrected chi connectivity index (χ0v) is 8.30. The van der Waals surface area contributed by atoms with Gasteiger partial charge in [0, 0.05) is 4.87 Å². The molecule has 0 radical (unpaired) electrons. The molecule has 0 aliphatic carbocycles. The summed E-state index contributed by atoms with van der Waals surface area (Å²) in [5.41, 5.74) is 4.77. The van der Waals surface area contributed by atoms with E-state index in [2.05, 4.69) is 0 Å². The van der Waals surface area contributed by atoms with Gasteiger partial charge in [-0.05, 0) is 20.8 Å². The number of hydrogen-bond donors (Lipinski definition) is 3. The third-order valence-corrected chi connectivity index (χ3v) is 0.514. The third kappa shape index (κ3) is 22.6. The van der Waals surface area contributed by atoms with Gasteiger partial charge >= 0.3 is 5.97 Å². The van der Waals surface area contributed by atoms with Crippen molar-refractivity contribution < 1.29 is 15.0 Å². The van der Waals surface area contributed by atoms with E-state index in [9.17, 15) is 4.79 Å². The predicted octanol–water partition coefficient (Wildman–Crippen LogP) is 0.414. The Bertz CT molecular complexity index is 127. The molecule has 0 aromatic rings. The van der Waals surface area contributed by atoms with Crippen LogP contribution >= 0.6 is 11.6 Å². The standard InChI is InChI=1S/C4H9Cl.C3H7NO3/c1-4(2,3)5;4-2(1-5)3(6)7/h1-3H3;2,5H,1,4H2,(H,6,7). The van der Waals surface area contributed by atoms with Crippen LogP contribution in [0.3, 0.4) is 0 Å². The molecule has 0 aliphatic heterocycles. The first-order valence-corrected chi connectivity index (χ1v) is 3.84. The molecular weight excluding hydrogens is 182 g/mol. The first kappa shape index (κ1) is 14.2. The van der Waals surface area contributed by atoms with Gasteiger partial charge < -0.3 is 15.9 Å². The van der Waals surface area contributed by atoms with E-state index < -0.39 is 18.6 Å². The molecule has 0 aromatic carbocycles. The lowest BCUT2D eigenvalue weighted by Gasteiger charge is -2.01. The van der Waals surface area contributed by atoms with Crippen molar-refractivity contribution in [3.05, 3.63) is 0 Å². The molecule has 0 heterocycles. The summed E-state index contributed by atoms with van der Waals surface area (Å²) in [5, 5.41) is 15.9. The largest absolute Gasteiger partial charge is 0.480 e. The van der Waals surface area contributed by atoms with Gasteiger partial charge in [-0.2, -0.15) is 0 Å². The van der Waals surface area contributed by atoms with Gasteiger partial charge in [-0.3, -0.25) is 4.79 Å². The number of rotatable bonds is 2. The Labute approximate surface area is 77.3 Å². The van der Waals surface area contributed by atoms with Crippen molar-refractivity contribution in [3.8, 4) is 0 Å². The maximum absolute atomic E-state index is 9.65. The second-order valence-corrected chi connectivity index (χ2v) is 4.33. The fraction of sp³-hybridized carbons (Fsp3) is 0.857. The second kappa shape index (κ2) is 6.22. The van der Waals surface area contributed by atoms with Crippen LogP contribution in [0.15, 0.2) is 0 Å². The van der Waals surface area contributed by atoms with Crippen molar-refractivity contribution in [1.29, 1.82) is 0 Å². The van der Waals surface area contributed by atoms with Gasteiger partial charge in [0.1, 0.15) is 6.04 Å². The minimum atomic E-state index is -1.18. The SMILES string of the molecule is CC(C)(C)Cl.NC(CO)C(=O)O. The van der Waals surface area contributed by atoms with E-state index in [1.807, 2.05) is 20.8 Å². The maximum Gasteiger partial charge on any atom is 0.322 e. The Morgan fingerprint density at radius 2 is 1.83 bits per heavy atom. The fourth-order valence-electron chi connectivity index (χ4n) is 0.0781. The molecule has 0 rings (SSSR count). The minimum absolute atomic E-state index is 0.0278. The van der Waals surface area contributed by atoms with E-state index in [1.54, 1.807) is 0 Å². The van der Waals surface area contributed by atoms with Gasteiger partial charge in [0.15, 0.2) is 0 Å². The molecule has 4 N–H and O–H groups in total. The number of aliphatic hydroxyl groups is 1. The Morgan fingerprint density at radius 3 is 1.83 bits per heavy atom. The topological polar surface area (TPSA) is 83.5 Å². The van der Waals surface area contributed by atoms with E-state index >= 15 is 0 Å². The highest BCUT2D eigenvalue weighted by atomic mass is 35.5. The molecule has 0 aromatic heterocycles. The van der Waals surface area contributed by atoms with Gasteiger partial charge in [0.2, 0.25) is 0 Å². The highest BCUT2D eigenvalue weighted by Gasteiger charge is 2.07. The van der Waals surface area contributed by atoms with Crippen LogP contribution in [0.2, 0.25) is 0 Å². The van der Waals surface area contributed by atoms with Crippen molar-refractivity contribution in [3.63, 3.8) is 0 Å². The highest BCUT2D eigenvalue weighted by molar-refractivity contribution is 6.23. The van der Waals surface area contributed by atoms with Crippen molar-refractivity contribution in [2.45, 2.75) is 31.7 Å². The Kier molecular flexibility index (Phi) is 7.37. The summed E-state index contributed by atoms with van der Waals surface area (Å²) < 4.78 is 0. The van der Waals surface area contributed by atoms with Crippen molar-refractivity contribution >= 4 is 17.6 Å². The van der Waals surface area contributed by atoms with E-state index in [-0.39, 0.29) is 4.87 Å². The quantitative estimate of drug-likeness (QED) is 0.560. The number of alkyl halides is 1. The van der Waals surface area contributed by atoms with Crippen LogP contribution in [0.4, 0.5) is 0 Å². The average Bonchev–Trinajstić information content (AvgIpc) is 1.82.